The molecular formula is C14H20N4O. The van der Waals surface area contributed by atoms with Crippen molar-refractivity contribution in [1.29, 1.82) is 0 Å². The molecule has 0 radical (unpaired) electrons. The van der Waals surface area contributed by atoms with Crippen LogP contribution in [-0.2, 0) is 11.2 Å². The van der Waals surface area contributed by atoms with Crippen LogP contribution < -0.4 is 4.90 Å². The zero-order valence-corrected chi connectivity index (χ0v) is 11.4. The third-order valence-electron chi connectivity index (χ3n) is 3.42. The summed E-state index contributed by atoms with van der Waals surface area (Å²) in [6.07, 6.45) is 7.36. The number of nitrogens with zero attached hydrogens (tertiary/aromatic N) is 4. The second-order valence-corrected chi connectivity index (χ2v) is 4.81. The fourth-order valence-electron chi connectivity index (χ4n) is 2.29. The first-order valence-electron chi connectivity index (χ1n) is 6.75. The van der Waals surface area contributed by atoms with E-state index >= 15 is 0 Å². The first-order valence-corrected chi connectivity index (χ1v) is 6.75. The minimum atomic E-state index is 0.189. The monoisotopic (exact) mass is 260 g/mol. The number of rotatable bonds is 5. The van der Waals surface area contributed by atoms with E-state index in [9.17, 15) is 0 Å². The largest absolute Gasteiger partial charge is 0.385 e. The van der Waals surface area contributed by atoms with Crippen molar-refractivity contribution in [3.8, 4) is 0 Å². The molecule has 1 saturated heterocycles. The lowest BCUT2D eigenvalue weighted by molar-refractivity contribution is 0.195. The molecule has 2 rings (SSSR count). The fourth-order valence-corrected chi connectivity index (χ4v) is 2.29. The summed E-state index contributed by atoms with van der Waals surface area (Å²) in [6, 6.07) is 0.189. The Hall–Kier alpha value is -1.67. The SMILES string of the molecule is [C-]#[N+]C1CCN(c2cncc(CCCOC)n2)CC1. The Kier molecular flexibility index (Phi) is 5.10. The molecule has 0 unspecified atom stereocenters. The third kappa shape index (κ3) is 3.90. The van der Waals surface area contributed by atoms with Gasteiger partial charge in [0.1, 0.15) is 5.82 Å². The summed E-state index contributed by atoms with van der Waals surface area (Å²) in [5, 5.41) is 0. The highest BCUT2D eigenvalue weighted by molar-refractivity contribution is 5.37. The topological polar surface area (TPSA) is 42.6 Å². The fraction of sp³-hybridized carbons (Fsp3) is 0.643. The molecule has 0 aliphatic carbocycles. The van der Waals surface area contributed by atoms with Crippen molar-refractivity contribution in [3.63, 3.8) is 0 Å². The summed E-state index contributed by atoms with van der Waals surface area (Å²) >= 11 is 0. The van der Waals surface area contributed by atoms with E-state index in [0.29, 0.717) is 0 Å². The lowest BCUT2D eigenvalue weighted by atomic mass is 10.1. The Morgan fingerprint density at radius 3 is 2.89 bits per heavy atom. The van der Waals surface area contributed by atoms with Gasteiger partial charge in [-0.3, -0.25) is 4.98 Å². The molecule has 0 bridgehead atoms. The minimum Gasteiger partial charge on any atom is -0.385 e. The van der Waals surface area contributed by atoms with E-state index in [4.69, 9.17) is 11.3 Å². The number of anilines is 1. The summed E-state index contributed by atoms with van der Waals surface area (Å²) in [7, 11) is 1.71. The molecule has 1 aliphatic heterocycles. The molecule has 0 spiro atoms. The first-order chi connectivity index (χ1) is 9.33. The highest BCUT2D eigenvalue weighted by atomic mass is 16.5. The molecule has 1 aromatic rings. The van der Waals surface area contributed by atoms with Crippen molar-refractivity contribution in [1.82, 2.24) is 9.97 Å². The molecule has 5 heteroatoms. The van der Waals surface area contributed by atoms with Crippen LogP contribution in [0.3, 0.4) is 0 Å². The minimum absolute atomic E-state index is 0.189. The van der Waals surface area contributed by atoms with Gasteiger partial charge in [0.15, 0.2) is 0 Å². The smallest absolute Gasteiger partial charge is 0.227 e. The molecular weight excluding hydrogens is 240 g/mol. The van der Waals surface area contributed by atoms with Gasteiger partial charge in [-0.15, -0.1) is 0 Å². The number of methoxy groups -OCH3 is 1. The van der Waals surface area contributed by atoms with E-state index in [-0.39, 0.29) is 6.04 Å². The van der Waals surface area contributed by atoms with Crippen molar-refractivity contribution < 1.29 is 4.74 Å². The van der Waals surface area contributed by atoms with Gasteiger partial charge in [-0.25, -0.2) is 11.6 Å². The van der Waals surface area contributed by atoms with E-state index < -0.39 is 0 Å². The average molecular weight is 260 g/mol. The first kappa shape index (κ1) is 13.8. The van der Waals surface area contributed by atoms with Crippen LogP contribution in [0.5, 0.6) is 0 Å². The van der Waals surface area contributed by atoms with Crippen molar-refractivity contribution in [2.45, 2.75) is 31.7 Å². The van der Waals surface area contributed by atoms with Crippen molar-refractivity contribution >= 4 is 5.82 Å². The number of piperidine rings is 1. The van der Waals surface area contributed by atoms with E-state index in [1.54, 1.807) is 7.11 Å². The molecule has 1 fully saturated rings. The maximum atomic E-state index is 7.06. The maximum Gasteiger partial charge on any atom is 0.227 e. The lowest BCUT2D eigenvalue weighted by Crippen LogP contribution is -2.35. The molecule has 102 valence electrons. The van der Waals surface area contributed by atoms with Gasteiger partial charge in [0.2, 0.25) is 6.04 Å². The molecule has 0 atom stereocenters. The Balaban J connectivity index is 1.93. The van der Waals surface area contributed by atoms with Crippen LogP contribution in [0.2, 0.25) is 0 Å². The van der Waals surface area contributed by atoms with Crippen molar-refractivity contribution in [2.24, 2.45) is 0 Å². The van der Waals surface area contributed by atoms with Gasteiger partial charge >= 0.3 is 0 Å². The molecule has 0 saturated carbocycles. The van der Waals surface area contributed by atoms with Gasteiger partial charge in [0.25, 0.3) is 0 Å². The number of aryl methyl sites for hydroxylation is 1. The van der Waals surface area contributed by atoms with E-state index in [2.05, 4.69) is 19.7 Å². The Bertz CT molecular complexity index is 435. The van der Waals surface area contributed by atoms with Crippen LogP contribution in [0.4, 0.5) is 5.82 Å². The second-order valence-electron chi connectivity index (χ2n) is 4.81. The molecule has 5 nitrogen and oxygen atoms in total. The molecule has 0 N–H and O–H groups in total. The highest BCUT2D eigenvalue weighted by Crippen LogP contribution is 2.19. The normalized spacial score (nSPS) is 16.3. The molecule has 0 amide bonds. The van der Waals surface area contributed by atoms with Gasteiger partial charge in [-0.1, -0.05) is 0 Å². The quantitative estimate of drug-likeness (QED) is 0.599. The van der Waals surface area contributed by atoms with Crippen molar-refractivity contribution in [2.75, 3.05) is 31.7 Å². The molecule has 19 heavy (non-hydrogen) atoms. The van der Waals surface area contributed by atoms with Crippen LogP contribution in [-0.4, -0.2) is 42.8 Å². The predicted octanol–water partition coefficient (Wildman–Crippen LogP) is 1.94. The average Bonchev–Trinajstić information content (AvgIpc) is 2.48. The maximum absolute atomic E-state index is 7.06. The zero-order chi connectivity index (χ0) is 13.5. The van der Waals surface area contributed by atoms with E-state index in [0.717, 1.165) is 56.9 Å². The van der Waals surface area contributed by atoms with Gasteiger partial charge < -0.3 is 14.5 Å². The Morgan fingerprint density at radius 1 is 1.42 bits per heavy atom. The van der Waals surface area contributed by atoms with Crippen LogP contribution in [0, 0.1) is 6.57 Å². The van der Waals surface area contributed by atoms with Crippen LogP contribution >= 0.6 is 0 Å². The number of ether oxygens (including phenoxy) is 1. The summed E-state index contributed by atoms with van der Waals surface area (Å²) in [6.45, 7) is 9.63. The lowest BCUT2D eigenvalue weighted by Gasteiger charge is -2.28. The van der Waals surface area contributed by atoms with Crippen LogP contribution in [0.25, 0.3) is 4.85 Å². The van der Waals surface area contributed by atoms with Gasteiger partial charge in [0.05, 0.1) is 11.9 Å². The van der Waals surface area contributed by atoms with Crippen molar-refractivity contribution in [3.05, 3.63) is 29.5 Å². The third-order valence-corrected chi connectivity index (χ3v) is 3.42. The standard InChI is InChI=1S/C14H20N4O/c1-15-12-5-7-18(8-6-12)14-11-16-10-13(17-14)4-3-9-19-2/h10-12H,3-9H2,2H3. The molecule has 1 aromatic heterocycles. The van der Waals surface area contributed by atoms with Gasteiger partial charge in [-0.2, -0.15) is 0 Å². The highest BCUT2D eigenvalue weighted by Gasteiger charge is 2.23. The zero-order valence-electron chi connectivity index (χ0n) is 11.4. The summed E-state index contributed by atoms with van der Waals surface area (Å²) in [5.41, 5.74) is 1.02. The molecule has 1 aliphatic rings. The predicted molar refractivity (Wildman–Crippen MR) is 74.1 cm³/mol. The second kappa shape index (κ2) is 7.05. The summed E-state index contributed by atoms with van der Waals surface area (Å²) < 4.78 is 5.05. The van der Waals surface area contributed by atoms with Crippen LogP contribution in [0.15, 0.2) is 12.4 Å². The van der Waals surface area contributed by atoms with E-state index in [1.165, 1.54) is 0 Å². The Morgan fingerprint density at radius 2 is 2.21 bits per heavy atom. The Labute approximate surface area is 114 Å². The molecule has 2 heterocycles. The number of hydrogen-bond acceptors (Lipinski definition) is 4. The summed E-state index contributed by atoms with van der Waals surface area (Å²) in [4.78, 5) is 14.8. The van der Waals surface area contributed by atoms with E-state index in [1.807, 2.05) is 12.4 Å². The van der Waals surface area contributed by atoms with Gasteiger partial charge in [0, 0.05) is 45.8 Å². The number of aromatic nitrogens is 2. The van der Waals surface area contributed by atoms with Crippen LogP contribution in [0.1, 0.15) is 25.0 Å². The molecule has 0 aromatic carbocycles. The van der Waals surface area contributed by atoms with Gasteiger partial charge in [-0.05, 0) is 12.8 Å². The summed E-state index contributed by atoms with van der Waals surface area (Å²) in [5.74, 6) is 0.943. The number of hydrogen-bond donors (Lipinski definition) is 0.